The molecular weight excluding hydrogens is 160 g/mol. The summed E-state index contributed by atoms with van der Waals surface area (Å²) in [5.74, 6) is 3.02. The minimum absolute atomic E-state index is 0.324. The second kappa shape index (κ2) is 2.98. The largest absolute Gasteiger partial charge is 0.390 e. The number of aliphatic hydroxyl groups is 1. The fourth-order valence-corrected chi connectivity index (χ4v) is 3.48. The van der Waals surface area contributed by atoms with Crippen molar-refractivity contribution in [3.8, 4) is 0 Å². The van der Waals surface area contributed by atoms with Crippen molar-refractivity contribution in [3.05, 3.63) is 0 Å². The van der Waals surface area contributed by atoms with Crippen LogP contribution in [0.5, 0.6) is 0 Å². The molecule has 0 saturated heterocycles. The maximum absolute atomic E-state index is 10.4. The first-order valence-electron chi connectivity index (χ1n) is 5.73. The minimum Gasteiger partial charge on any atom is -0.390 e. The zero-order valence-electron chi connectivity index (χ0n) is 9.09. The van der Waals surface area contributed by atoms with Crippen LogP contribution in [0.1, 0.15) is 46.5 Å². The van der Waals surface area contributed by atoms with E-state index >= 15 is 0 Å². The molecule has 0 aromatic heterocycles. The lowest BCUT2D eigenvalue weighted by Crippen LogP contribution is -2.32. The average Bonchev–Trinajstić information content (AvgIpc) is 2.42. The van der Waals surface area contributed by atoms with Crippen molar-refractivity contribution in [1.82, 2.24) is 0 Å². The van der Waals surface area contributed by atoms with E-state index in [4.69, 9.17) is 0 Å². The van der Waals surface area contributed by atoms with E-state index in [0.29, 0.717) is 5.92 Å². The predicted octanol–water partition coefficient (Wildman–Crippen LogP) is 2.83. The minimum atomic E-state index is -0.324. The Balaban J connectivity index is 2.04. The van der Waals surface area contributed by atoms with Gasteiger partial charge in [-0.25, -0.2) is 0 Å². The Kier molecular flexibility index (Phi) is 2.18. The lowest BCUT2D eigenvalue weighted by molar-refractivity contribution is -0.00695. The van der Waals surface area contributed by atoms with Gasteiger partial charge in [-0.1, -0.05) is 20.8 Å². The highest BCUT2D eigenvalue weighted by atomic mass is 16.3. The number of fused-ring (bicyclic) bond motifs is 1. The molecule has 0 aliphatic heterocycles. The summed E-state index contributed by atoms with van der Waals surface area (Å²) in [6.45, 7) is 6.67. The van der Waals surface area contributed by atoms with Gasteiger partial charge in [-0.05, 0) is 49.4 Å². The highest BCUT2D eigenvalue weighted by Crippen LogP contribution is 2.52. The van der Waals surface area contributed by atoms with Crippen LogP contribution < -0.4 is 0 Å². The van der Waals surface area contributed by atoms with Crippen LogP contribution in [0.25, 0.3) is 0 Å². The summed E-state index contributed by atoms with van der Waals surface area (Å²) in [7, 11) is 0. The molecule has 1 nitrogen and oxygen atoms in total. The summed E-state index contributed by atoms with van der Waals surface area (Å²) in [5, 5.41) is 10.4. The Bertz CT molecular complexity index is 183. The first-order chi connectivity index (χ1) is 6.01. The molecule has 76 valence electrons. The standard InChI is InChI=1S/C12H22O/c1-8(2)12(13)6-10-4-9(3)5-11(10)7-12/h8-11,13H,4-7H2,1-3H3/t9?,10-,11+,12?. The molecule has 0 aromatic rings. The van der Waals surface area contributed by atoms with E-state index in [1.54, 1.807) is 0 Å². The Labute approximate surface area is 81.5 Å². The van der Waals surface area contributed by atoms with Crippen LogP contribution in [0.2, 0.25) is 0 Å². The second-order valence-corrected chi connectivity index (χ2v) is 5.76. The Hall–Kier alpha value is -0.0400. The molecule has 0 aromatic carbocycles. The number of hydrogen-bond acceptors (Lipinski definition) is 1. The SMILES string of the molecule is CC1C[C@@H]2CC(O)(C(C)C)C[C@@H]2C1. The highest BCUT2D eigenvalue weighted by molar-refractivity contribution is 4.99. The topological polar surface area (TPSA) is 20.2 Å². The van der Waals surface area contributed by atoms with Crippen molar-refractivity contribution in [2.75, 3.05) is 0 Å². The highest BCUT2D eigenvalue weighted by Gasteiger charge is 2.48. The van der Waals surface area contributed by atoms with Crippen LogP contribution in [0, 0.1) is 23.7 Å². The summed E-state index contributed by atoms with van der Waals surface area (Å²) in [6.07, 6.45) is 4.86. The fourth-order valence-electron chi connectivity index (χ4n) is 3.48. The van der Waals surface area contributed by atoms with Gasteiger partial charge in [0.15, 0.2) is 0 Å². The van der Waals surface area contributed by atoms with Gasteiger partial charge in [0.05, 0.1) is 5.60 Å². The molecule has 0 radical (unpaired) electrons. The number of hydrogen-bond donors (Lipinski definition) is 1. The van der Waals surface area contributed by atoms with Crippen molar-refractivity contribution in [2.45, 2.75) is 52.1 Å². The lowest BCUT2D eigenvalue weighted by Gasteiger charge is -2.28. The Morgan fingerprint density at radius 1 is 1.15 bits per heavy atom. The lowest BCUT2D eigenvalue weighted by atomic mass is 9.85. The van der Waals surface area contributed by atoms with E-state index in [0.717, 1.165) is 30.6 Å². The quantitative estimate of drug-likeness (QED) is 0.661. The predicted molar refractivity (Wildman–Crippen MR) is 54.4 cm³/mol. The molecule has 0 amide bonds. The monoisotopic (exact) mass is 182 g/mol. The third-order valence-corrected chi connectivity index (χ3v) is 4.38. The maximum Gasteiger partial charge on any atom is 0.0676 e. The number of rotatable bonds is 1. The van der Waals surface area contributed by atoms with E-state index in [1.807, 2.05) is 0 Å². The van der Waals surface area contributed by atoms with Gasteiger partial charge in [-0.2, -0.15) is 0 Å². The van der Waals surface area contributed by atoms with Gasteiger partial charge in [0.1, 0.15) is 0 Å². The molecule has 0 heterocycles. The van der Waals surface area contributed by atoms with Crippen LogP contribution in [0.3, 0.4) is 0 Å². The first kappa shape index (κ1) is 9.51. The van der Waals surface area contributed by atoms with E-state index in [-0.39, 0.29) is 5.60 Å². The van der Waals surface area contributed by atoms with Crippen LogP contribution >= 0.6 is 0 Å². The Morgan fingerprint density at radius 3 is 2.00 bits per heavy atom. The molecule has 0 bridgehead atoms. The van der Waals surface area contributed by atoms with Crippen LogP contribution in [0.4, 0.5) is 0 Å². The van der Waals surface area contributed by atoms with E-state index < -0.39 is 0 Å². The molecular formula is C12H22O. The molecule has 2 fully saturated rings. The van der Waals surface area contributed by atoms with Gasteiger partial charge >= 0.3 is 0 Å². The summed E-state index contributed by atoms with van der Waals surface area (Å²) in [5.41, 5.74) is -0.324. The third kappa shape index (κ3) is 1.52. The van der Waals surface area contributed by atoms with Gasteiger partial charge in [0.25, 0.3) is 0 Å². The maximum atomic E-state index is 10.4. The molecule has 2 unspecified atom stereocenters. The molecule has 1 N–H and O–H groups in total. The second-order valence-electron chi connectivity index (χ2n) is 5.76. The smallest absolute Gasteiger partial charge is 0.0676 e. The van der Waals surface area contributed by atoms with E-state index in [2.05, 4.69) is 20.8 Å². The van der Waals surface area contributed by atoms with Crippen molar-refractivity contribution in [1.29, 1.82) is 0 Å². The fraction of sp³-hybridized carbons (Fsp3) is 1.00. The molecule has 2 aliphatic carbocycles. The summed E-state index contributed by atoms with van der Waals surface area (Å²) < 4.78 is 0. The van der Waals surface area contributed by atoms with Crippen molar-refractivity contribution >= 4 is 0 Å². The summed E-state index contributed by atoms with van der Waals surface area (Å²) >= 11 is 0. The third-order valence-electron chi connectivity index (χ3n) is 4.38. The van der Waals surface area contributed by atoms with Gasteiger partial charge in [-0.15, -0.1) is 0 Å². The van der Waals surface area contributed by atoms with Gasteiger partial charge < -0.3 is 5.11 Å². The first-order valence-corrected chi connectivity index (χ1v) is 5.73. The molecule has 0 spiro atoms. The molecule has 13 heavy (non-hydrogen) atoms. The van der Waals surface area contributed by atoms with Crippen molar-refractivity contribution < 1.29 is 5.11 Å². The van der Waals surface area contributed by atoms with Crippen molar-refractivity contribution in [3.63, 3.8) is 0 Å². The Morgan fingerprint density at radius 2 is 1.62 bits per heavy atom. The van der Waals surface area contributed by atoms with Crippen LogP contribution in [-0.4, -0.2) is 10.7 Å². The zero-order chi connectivity index (χ0) is 9.64. The molecule has 1 heteroatoms. The van der Waals surface area contributed by atoms with E-state index in [9.17, 15) is 5.11 Å². The van der Waals surface area contributed by atoms with E-state index in [1.165, 1.54) is 12.8 Å². The zero-order valence-corrected chi connectivity index (χ0v) is 9.09. The average molecular weight is 182 g/mol. The molecule has 4 atom stereocenters. The van der Waals surface area contributed by atoms with Crippen LogP contribution in [0.15, 0.2) is 0 Å². The van der Waals surface area contributed by atoms with Gasteiger partial charge in [0, 0.05) is 0 Å². The summed E-state index contributed by atoms with van der Waals surface area (Å²) in [6, 6.07) is 0. The molecule has 2 rings (SSSR count). The van der Waals surface area contributed by atoms with Gasteiger partial charge in [0.2, 0.25) is 0 Å². The molecule has 2 aliphatic rings. The van der Waals surface area contributed by atoms with Crippen LogP contribution in [-0.2, 0) is 0 Å². The van der Waals surface area contributed by atoms with Gasteiger partial charge in [-0.3, -0.25) is 0 Å². The summed E-state index contributed by atoms with van der Waals surface area (Å²) in [4.78, 5) is 0. The normalized spacial score (nSPS) is 50.1. The molecule has 2 saturated carbocycles. The van der Waals surface area contributed by atoms with Crippen molar-refractivity contribution in [2.24, 2.45) is 23.7 Å².